The Morgan fingerprint density at radius 3 is 2.41 bits per heavy atom. The average Bonchev–Trinajstić information content (AvgIpc) is 2.81. The Morgan fingerprint density at radius 2 is 1.74 bits per heavy atom. The van der Waals surface area contributed by atoms with E-state index in [4.69, 9.17) is 11.5 Å². The maximum atomic E-state index is 13.2. The highest BCUT2D eigenvalue weighted by atomic mass is 19.4. The number of carbonyl (C=O) groups is 2. The van der Waals surface area contributed by atoms with Gasteiger partial charge in [0.1, 0.15) is 0 Å². The first-order valence-corrected chi connectivity index (χ1v) is 11.0. The fourth-order valence-corrected chi connectivity index (χ4v) is 3.62. The second-order valence-electron chi connectivity index (χ2n) is 8.17. The summed E-state index contributed by atoms with van der Waals surface area (Å²) in [6, 6.07) is 11.9. The molecule has 3 aromatic rings. The van der Waals surface area contributed by atoms with E-state index in [2.05, 4.69) is 10.3 Å². The normalized spacial score (nSPS) is 13.4. The van der Waals surface area contributed by atoms with Crippen LogP contribution in [-0.2, 0) is 28.6 Å². The van der Waals surface area contributed by atoms with Gasteiger partial charge in [-0.3, -0.25) is 14.6 Å². The zero-order valence-electron chi connectivity index (χ0n) is 18.5. The first-order valence-electron chi connectivity index (χ1n) is 11.0. The molecule has 5 N–H and O–H groups in total. The topological polar surface area (TPSA) is 111 Å². The molecule has 0 radical (unpaired) electrons. The minimum Gasteiger partial charge on any atom is -0.345 e. The van der Waals surface area contributed by atoms with E-state index >= 15 is 0 Å². The van der Waals surface area contributed by atoms with E-state index in [9.17, 15) is 22.8 Å². The number of benzene rings is 2. The van der Waals surface area contributed by atoms with Crippen molar-refractivity contribution in [1.82, 2.24) is 10.3 Å². The molecular formula is C25H27F3N4O2. The zero-order valence-corrected chi connectivity index (χ0v) is 18.5. The SMILES string of the molecule is NCCC[C@H](N)C(=O)N[C@H](Cc1ccc(C(F)(F)F)cc1)C(=O)Cc1ccc2ncccc2c1. The number of pyridine rings is 1. The van der Waals surface area contributed by atoms with Crippen LogP contribution in [0.25, 0.3) is 10.9 Å². The van der Waals surface area contributed by atoms with Gasteiger partial charge in [-0.25, -0.2) is 0 Å². The number of Topliss-reactive ketones (excluding diaryl/α,β-unsaturated/α-hetero) is 1. The van der Waals surface area contributed by atoms with Gasteiger partial charge in [-0.2, -0.15) is 13.2 Å². The van der Waals surface area contributed by atoms with Gasteiger partial charge in [-0.05, 0) is 67.3 Å². The number of nitrogens with one attached hydrogen (secondary N) is 1. The first-order chi connectivity index (χ1) is 16.2. The van der Waals surface area contributed by atoms with E-state index in [0.29, 0.717) is 24.9 Å². The van der Waals surface area contributed by atoms with Crippen molar-refractivity contribution in [1.29, 1.82) is 0 Å². The molecule has 0 unspecified atom stereocenters. The largest absolute Gasteiger partial charge is 0.416 e. The molecule has 1 amide bonds. The first kappa shape index (κ1) is 25.3. The molecule has 0 bridgehead atoms. The quantitative estimate of drug-likeness (QED) is 0.420. The number of ketones is 1. The predicted molar refractivity (Wildman–Crippen MR) is 124 cm³/mol. The van der Waals surface area contributed by atoms with Gasteiger partial charge in [0, 0.05) is 18.0 Å². The lowest BCUT2D eigenvalue weighted by Gasteiger charge is -2.21. The maximum Gasteiger partial charge on any atom is 0.416 e. The van der Waals surface area contributed by atoms with Crippen LogP contribution >= 0.6 is 0 Å². The number of rotatable bonds is 10. The van der Waals surface area contributed by atoms with Crippen LogP contribution in [0.2, 0.25) is 0 Å². The third-order valence-corrected chi connectivity index (χ3v) is 5.53. The molecule has 34 heavy (non-hydrogen) atoms. The summed E-state index contributed by atoms with van der Waals surface area (Å²) in [6.45, 7) is 0.381. The van der Waals surface area contributed by atoms with Crippen molar-refractivity contribution in [2.45, 2.75) is 43.9 Å². The van der Waals surface area contributed by atoms with Crippen molar-refractivity contribution >= 4 is 22.6 Å². The molecule has 2 aromatic carbocycles. The predicted octanol–water partition coefficient (Wildman–Crippen LogP) is 3.16. The summed E-state index contributed by atoms with van der Waals surface area (Å²) < 4.78 is 38.7. The maximum absolute atomic E-state index is 13.2. The molecular weight excluding hydrogens is 445 g/mol. The fourth-order valence-electron chi connectivity index (χ4n) is 3.62. The van der Waals surface area contributed by atoms with Crippen molar-refractivity contribution in [2.75, 3.05) is 6.54 Å². The number of nitrogens with two attached hydrogens (primary N) is 2. The summed E-state index contributed by atoms with van der Waals surface area (Å²) in [5, 5.41) is 3.56. The number of aromatic nitrogens is 1. The number of alkyl halides is 3. The number of hydrogen-bond donors (Lipinski definition) is 3. The Hall–Kier alpha value is -3.30. The van der Waals surface area contributed by atoms with Crippen molar-refractivity contribution < 1.29 is 22.8 Å². The summed E-state index contributed by atoms with van der Waals surface area (Å²) in [6.07, 6.45) is -1.78. The number of carbonyl (C=O) groups excluding carboxylic acids is 2. The average molecular weight is 473 g/mol. The van der Waals surface area contributed by atoms with Crippen molar-refractivity contribution in [3.63, 3.8) is 0 Å². The molecule has 0 aliphatic heterocycles. The monoisotopic (exact) mass is 472 g/mol. The molecule has 9 heteroatoms. The zero-order chi connectivity index (χ0) is 24.7. The minimum absolute atomic E-state index is 0.0362. The van der Waals surface area contributed by atoms with Gasteiger partial charge in [0.25, 0.3) is 0 Å². The molecule has 180 valence electrons. The summed E-state index contributed by atoms with van der Waals surface area (Å²) in [5.74, 6) is -0.774. The van der Waals surface area contributed by atoms with E-state index in [0.717, 1.165) is 28.6 Å². The molecule has 0 aliphatic rings. The van der Waals surface area contributed by atoms with Crippen LogP contribution in [0, 0.1) is 0 Å². The lowest BCUT2D eigenvalue weighted by atomic mass is 9.96. The van der Waals surface area contributed by atoms with Gasteiger partial charge in [0.05, 0.1) is 23.2 Å². The third-order valence-electron chi connectivity index (χ3n) is 5.53. The van der Waals surface area contributed by atoms with Crippen LogP contribution in [0.4, 0.5) is 13.2 Å². The summed E-state index contributed by atoms with van der Waals surface area (Å²) in [4.78, 5) is 30.0. The van der Waals surface area contributed by atoms with E-state index < -0.39 is 29.7 Å². The highest BCUT2D eigenvalue weighted by Gasteiger charge is 2.30. The standard InChI is InChI=1S/C25H27F3N4O2/c26-25(27,28)19-8-5-16(6-9-19)14-22(32-24(34)20(30)4-1-11-29)23(33)15-17-7-10-21-18(13-17)3-2-12-31-21/h2-3,5-10,12-13,20,22H,1,4,11,14-15,29-30H2,(H,32,34)/t20-,22+/m0/s1. The summed E-state index contributed by atoms with van der Waals surface area (Å²) in [7, 11) is 0. The molecule has 2 atom stereocenters. The van der Waals surface area contributed by atoms with Gasteiger partial charge in [0.2, 0.25) is 5.91 Å². The molecule has 0 saturated carbocycles. The van der Waals surface area contributed by atoms with E-state index in [1.165, 1.54) is 12.1 Å². The van der Waals surface area contributed by atoms with Crippen molar-refractivity contribution in [2.24, 2.45) is 11.5 Å². The number of nitrogens with zero attached hydrogens (tertiary/aromatic N) is 1. The van der Waals surface area contributed by atoms with Crippen LogP contribution in [0.5, 0.6) is 0 Å². The highest BCUT2D eigenvalue weighted by molar-refractivity contribution is 5.92. The number of hydrogen-bond acceptors (Lipinski definition) is 5. The summed E-state index contributed by atoms with van der Waals surface area (Å²) >= 11 is 0. The Balaban J connectivity index is 1.79. The van der Waals surface area contributed by atoms with Crippen LogP contribution in [0.3, 0.4) is 0 Å². The smallest absolute Gasteiger partial charge is 0.345 e. The van der Waals surface area contributed by atoms with E-state index in [1.807, 2.05) is 18.2 Å². The summed E-state index contributed by atoms with van der Waals surface area (Å²) in [5.41, 5.74) is 12.6. The second kappa shape index (κ2) is 11.2. The minimum atomic E-state index is -4.46. The molecule has 0 saturated heterocycles. The van der Waals surface area contributed by atoms with Crippen molar-refractivity contribution in [3.05, 3.63) is 77.5 Å². The number of fused-ring (bicyclic) bond motifs is 1. The Morgan fingerprint density at radius 1 is 1.03 bits per heavy atom. The van der Waals surface area contributed by atoms with Gasteiger partial charge in [0.15, 0.2) is 5.78 Å². The lowest BCUT2D eigenvalue weighted by Crippen LogP contribution is -2.49. The van der Waals surface area contributed by atoms with Gasteiger partial charge >= 0.3 is 6.18 Å². The lowest BCUT2D eigenvalue weighted by molar-refractivity contribution is -0.137. The van der Waals surface area contributed by atoms with Gasteiger partial charge in [-0.1, -0.05) is 24.3 Å². The third kappa shape index (κ3) is 6.85. The molecule has 0 spiro atoms. The fraction of sp³-hybridized carbons (Fsp3) is 0.320. The number of amides is 1. The van der Waals surface area contributed by atoms with Crippen LogP contribution in [0.15, 0.2) is 60.8 Å². The molecule has 0 aliphatic carbocycles. The Kier molecular flexibility index (Phi) is 8.36. The van der Waals surface area contributed by atoms with Crippen LogP contribution in [-0.4, -0.2) is 35.3 Å². The molecule has 1 heterocycles. The van der Waals surface area contributed by atoms with Crippen LogP contribution in [0.1, 0.15) is 29.5 Å². The van der Waals surface area contributed by atoms with Gasteiger partial charge in [-0.15, -0.1) is 0 Å². The Bertz CT molecular complexity index is 1130. The van der Waals surface area contributed by atoms with Crippen molar-refractivity contribution in [3.8, 4) is 0 Å². The highest BCUT2D eigenvalue weighted by Crippen LogP contribution is 2.29. The second-order valence-corrected chi connectivity index (χ2v) is 8.17. The molecule has 0 fully saturated rings. The molecule has 3 rings (SSSR count). The van der Waals surface area contributed by atoms with Crippen LogP contribution < -0.4 is 16.8 Å². The Labute approximate surface area is 195 Å². The number of halogens is 3. The van der Waals surface area contributed by atoms with Gasteiger partial charge < -0.3 is 16.8 Å². The van der Waals surface area contributed by atoms with E-state index in [1.54, 1.807) is 18.3 Å². The molecule has 6 nitrogen and oxygen atoms in total. The molecule has 1 aromatic heterocycles. The van der Waals surface area contributed by atoms with E-state index in [-0.39, 0.29) is 18.6 Å².